The van der Waals surface area contributed by atoms with Crippen molar-refractivity contribution in [2.24, 2.45) is 7.05 Å². The van der Waals surface area contributed by atoms with Gasteiger partial charge in [-0.3, -0.25) is 9.36 Å². The van der Waals surface area contributed by atoms with Gasteiger partial charge >= 0.3 is 0 Å². The molecule has 3 N–H and O–H groups in total. The number of aliphatic hydroxyl groups excluding tert-OH is 1. The Labute approximate surface area is 112 Å². The average Bonchev–Trinajstić information content (AvgIpc) is 2.97. The molecule has 2 aromatic heterocycles. The molecule has 0 aliphatic rings. The molecule has 0 saturated heterocycles. The van der Waals surface area contributed by atoms with Crippen LogP contribution >= 0.6 is 0 Å². The Morgan fingerprint density at radius 2 is 2.21 bits per heavy atom. The van der Waals surface area contributed by atoms with E-state index in [1.54, 1.807) is 17.9 Å². The lowest BCUT2D eigenvalue weighted by molar-refractivity contribution is 0.177. The first-order chi connectivity index (χ1) is 9.02. The number of aliphatic hydroxyl groups is 1. The Balaban J connectivity index is 2.09. The van der Waals surface area contributed by atoms with Crippen LogP contribution in [0.2, 0.25) is 0 Å². The Morgan fingerprint density at radius 1 is 1.47 bits per heavy atom. The standard InChI is InChI=1S/C13H21N5O/c1-4-9(2)18-6-5-10(16-18)7-12(19)11-8-15-17(3)13(11)14/h5-6,8-9,12,19H,4,7,14H2,1-3H3. The van der Waals surface area contributed by atoms with Crippen molar-refractivity contribution in [3.05, 3.63) is 29.7 Å². The zero-order valence-corrected chi connectivity index (χ0v) is 11.6. The van der Waals surface area contributed by atoms with Crippen molar-refractivity contribution in [1.82, 2.24) is 19.6 Å². The lowest BCUT2D eigenvalue weighted by Gasteiger charge is -2.10. The van der Waals surface area contributed by atoms with Crippen molar-refractivity contribution in [2.75, 3.05) is 5.73 Å². The molecule has 2 atom stereocenters. The summed E-state index contributed by atoms with van der Waals surface area (Å²) in [5.74, 6) is 0.494. The van der Waals surface area contributed by atoms with E-state index in [1.165, 1.54) is 0 Å². The van der Waals surface area contributed by atoms with E-state index in [9.17, 15) is 5.11 Å². The number of aromatic nitrogens is 4. The molecule has 2 aromatic rings. The molecule has 0 amide bonds. The van der Waals surface area contributed by atoms with Crippen LogP contribution in [-0.4, -0.2) is 24.7 Å². The van der Waals surface area contributed by atoms with Crippen molar-refractivity contribution < 1.29 is 5.11 Å². The highest BCUT2D eigenvalue weighted by Crippen LogP contribution is 2.22. The van der Waals surface area contributed by atoms with Gasteiger partial charge in [0, 0.05) is 31.3 Å². The topological polar surface area (TPSA) is 81.9 Å². The van der Waals surface area contributed by atoms with Crippen LogP contribution in [0.15, 0.2) is 18.5 Å². The summed E-state index contributed by atoms with van der Waals surface area (Å²) in [5, 5.41) is 18.7. The maximum atomic E-state index is 10.2. The molecule has 2 heterocycles. The second-order valence-corrected chi connectivity index (χ2v) is 4.87. The third-order valence-corrected chi connectivity index (χ3v) is 3.48. The first kappa shape index (κ1) is 13.6. The van der Waals surface area contributed by atoms with Crippen LogP contribution in [-0.2, 0) is 13.5 Å². The smallest absolute Gasteiger partial charge is 0.127 e. The number of anilines is 1. The maximum absolute atomic E-state index is 10.2. The number of hydrogen-bond acceptors (Lipinski definition) is 4. The Morgan fingerprint density at radius 3 is 2.79 bits per heavy atom. The van der Waals surface area contributed by atoms with Crippen LogP contribution in [0.4, 0.5) is 5.82 Å². The third-order valence-electron chi connectivity index (χ3n) is 3.48. The summed E-state index contributed by atoms with van der Waals surface area (Å²) in [7, 11) is 1.75. The molecule has 104 valence electrons. The van der Waals surface area contributed by atoms with E-state index in [0.29, 0.717) is 23.8 Å². The highest BCUT2D eigenvalue weighted by Gasteiger charge is 2.16. The molecule has 6 nitrogen and oxygen atoms in total. The van der Waals surface area contributed by atoms with Crippen molar-refractivity contribution in [1.29, 1.82) is 0 Å². The minimum absolute atomic E-state index is 0.370. The molecule has 0 fully saturated rings. The molecule has 0 radical (unpaired) electrons. The minimum atomic E-state index is -0.672. The fourth-order valence-electron chi connectivity index (χ4n) is 1.95. The fourth-order valence-corrected chi connectivity index (χ4v) is 1.95. The van der Waals surface area contributed by atoms with Gasteiger partial charge in [-0.25, -0.2) is 0 Å². The largest absolute Gasteiger partial charge is 0.388 e. The van der Waals surface area contributed by atoms with E-state index in [2.05, 4.69) is 24.0 Å². The van der Waals surface area contributed by atoms with Gasteiger partial charge in [0.2, 0.25) is 0 Å². The van der Waals surface area contributed by atoms with Gasteiger partial charge in [0.15, 0.2) is 0 Å². The number of hydrogen-bond donors (Lipinski definition) is 2. The zero-order chi connectivity index (χ0) is 14.0. The van der Waals surface area contributed by atoms with Gasteiger partial charge in [-0.15, -0.1) is 0 Å². The van der Waals surface area contributed by atoms with Crippen LogP contribution in [0.1, 0.15) is 43.7 Å². The predicted octanol–water partition coefficient (Wildman–Crippen LogP) is 1.45. The van der Waals surface area contributed by atoms with Gasteiger partial charge in [-0.05, 0) is 19.4 Å². The molecule has 0 aliphatic heterocycles. The molecule has 2 unspecified atom stereocenters. The predicted molar refractivity (Wildman–Crippen MR) is 73.5 cm³/mol. The van der Waals surface area contributed by atoms with Crippen LogP contribution in [0.25, 0.3) is 0 Å². The Kier molecular flexibility index (Phi) is 3.90. The van der Waals surface area contributed by atoms with E-state index >= 15 is 0 Å². The summed E-state index contributed by atoms with van der Waals surface area (Å²) in [5.41, 5.74) is 7.36. The summed E-state index contributed by atoms with van der Waals surface area (Å²) >= 11 is 0. The van der Waals surface area contributed by atoms with Crippen LogP contribution in [0.5, 0.6) is 0 Å². The molecule has 0 spiro atoms. The zero-order valence-electron chi connectivity index (χ0n) is 11.6. The minimum Gasteiger partial charge on any atom is -0.388 e. The van der Waals surface area contributed by atoms with Crippen molar-refractivity contribution >= 4 is 5.82 Å². The van der Waals surface area contributed by atoms with Gasteiger partial charge < -0.3 is 10.8 Å². The first-order valence-corrected chi connectivity index (χ1v) is 6.52. The second-order valence-electron chi connectivity index (χ2n) is 4.87. The lowest BCUT2D eigenvalue weighted by Crippen LogP contribution is -2.08. The van der Waals surface area contributed by atoms with E-state index in [4.69, 9.17) is 5.73 Å². The molecule has 0 saturated carbocycles. The Bertz CT molecular complexity index is 545. The normalized spacial score (nSPS) is 14.5. The molecule has 0 aromatic carbocycles. The van der Waals surface area contributed by atoms with Crippen LogP contribution in [0, 0.1) is 0 Å². The number of nitrogens with zero attached hydrogens (tertiary/aromatic N) is 4. The van der Waals surface area contributed by atoms with Gasteiger partial charge in [0.1, 0.15) is 5.82 Å². The fraction of sp³-hybridized carbons (Fsp3) is 0.538. The van der Waals surface area contributed by atoms with Gasteiger partial charge in [0.25, 0.3) is 0 Å². The second kappa shape index (κ2) is 5.44. The van der Waals surface area contributed by atoms with Crippen LogP contribution < -0.4 is 5.73 Å². The van der Waals surface area contributed by atoms with E-state index < -0.39 is 6.10 Å². The quantitative estimate of drug-likeness (QED) is 0.855. The molecule has 0 aliphatic carbocycles. The number of rotatable bonds is 5. The van der Waals surface area contributed by atoms with E-state index in [1.807, 2.05) is 16.9 Å². The number of nitrogens with two attached hydrogens (primary N) is 1. The molecule has 0 bridgehead atoms. The number of aryl methyl sites for hydroxylation is 1. The molecule has 19 heavy (non-hydrogen) atoms. The molecule has 6 heteroatoms. The summed E-state index contributed by atoms with van der Waals surface area (Å²) in [6.45, 7) is 4.24. The number of nitrogen functional groups attached to an aromatic ring is 1. The average molecular weight is 263 g/mol. The first-order valence-electron chi connectivity index (χ1n) is 6.52. The van der Waals surface area contributed by atoms with Crippen LogP contribution in [0.3, 0.4) is 0 Å². The summed E-state index contributed by atoms with van der Waals surface area (Å²) < 4.78 is 3.48. The van der Waals surface area contributed by atoms with E-state index in [-0.39, 0.29) is 0 Å². The van der Waals surface area contributed by atoms with Crippen molar-refractivity contribution in [3.8, 4) is 0 Å². The highest BCUT2D eigenvalue weighted by molar-refractivity contribution is 5.40. The highest BCUT2D eigenvalue weighted by atomic mass is 16.3. The third kappa shape index (κ3) is 2.78. The van der Waals surface area contributed by atoms with Gasteiger partial charge in [0.05, 0.1) is 18.0 Å². The van der Waals surface area contributed by atoms with Crippen molar-refractivity contribution in [2.45, 2.75) is 38.8 Å². The van der Waals surface area contributed by atoms with Crippen molar-refractivity contribution in [3.63, 3.8) is 0 Å². The Hall–Kier alpha value is -1.82. The van der Waals surface area contributed by atoms with Gasteiger partial charge in [-0.1, -0.05) is 6.92 Å². The molecular formula is C13H21N5O. The molecule has 2 rings (SSSR count). The monoisotopic (exact) mass is 263 g/mol. The molecular weight excluding hydrogens is 242 g/mol. The summed E-state index contributed by atoms with van der Waals surface area (Å²) in [6, 6.07) is 2.30. The lowest BCUT2D eigenvalue weighted by atomic mass is 10.1. The SMILES string of the molecule is CCC(C)n1ccc(CC(O)c2cnn(C)c2N)n1. The van der Waals surface area contributed by atoms with Gasteiger partial charge in [-0.2, -0.15) is 10.2 Å². The summed E-state index contributed by atoms with van der Waals surface area (Å²) in [4.78, 5) is 0. The summed E-state index contributed by atoms with van der Waals surface area (Å²) in [6.07, 6.45) is 4.35. The maximum Gasteiger partial charge on any atom is 0.127 e. The van der Waals surface area contributed by atoms with E-state index in [0.717, 1.165) is 12.1 Å².